The number of anilines is 1. The third kappa shape index (κ3) is 5.09. The monoisotopic (exact) mass is 297 g/mol. The number of nitrogens with one attached hydrogen (secondary N) is 2. The quantitative estimate of drug-likeness (QED) is 0.654. The van der Waals surface area contributed by atoms with Crippen molar-refractivity contribution in [1.82, 2.24) is 5.32 Å². The molecule has 1 rings (SSSR count). The summed E-state index contributed by atoms with van der Waals surface area (Å²) in [7, 11) is 0. The van der Waals surface area contributed by atoms with E-state index >= 15 is 0 Å². The van der Waals surface area contributed by atoms with Crippen LogP contribution in [0.25, 0.3) is 0 Å². The van der Waals surface area contributed by atoms with Crippen LogP contribution in [0, 0.1) is 5.82 Å². The fourth-order valence-corrected chi connectivity index (χ4v) is 1.74. The minimum atomic E-state index is -1.37. The van der Waals surface area contributed by atoms with Gasteiger partial charge in [0.1, 0.15) is 5.82 Å². The molecule has 3 amide bonds. The highest BCUT2D eigenvalue weighted by atomic mass is 19.1. The van der Waals surface area contributed by atoms with Gasteiger partial charge in [0, 0.05) is 12.0 Å². The number of carbonyl (C=O) groups is 3. The topological polar surface area (TPSA) is 122 Å². The highest BCUT2D eigenvalue weighted by Crippen LogP contribution is 2.17. The molecular weight excluding hydrogens is 281 g/mol. The van der Waals surface area contributed by atoms with Gasteiger partial charge < -0.3 is 21.5 Å². The Balaban J connectivity index is 2.84. The third-order valence-corrected chi connectivity index (χ3v) is 2.53. The summed E-state index contributed by atoms with van der Waals surface area (Å²) in [4.78, 5) is 33.7. The lowest BCUT2D eigenvalue weighted by molar-refractivity contribution is -0.119. The number of nitrogens with two attached hydrogens (primary N) is 1. The van der Waals surface area contributed by atoms with Crippen LogP contribution in [0.2, 0.25) is 0 Å². The van der Waals surface area contributed by atoms with E-state index in [1.807, 2.05) is 0 Å². The van der Waals surface area contributed by atoms with Gasteiger partial charge in [-0.2, -0.15) is 0 Å². The zero-order valence-electron chi connectivity index (χ0n) is 11.6. The van der Waals surface area contributed by atoms with Gasteiger partial charge in [-0.15, -0.1) is 0 Å². The van der Waals surface area contributed by atoms with Crippen molar-refractivity contribution in [2.24, 2.45) is 5.73 Å². The predicted octanol–water partition coefficient (Wildman–Crippen LogP) is 1.30. The van der Waals surface area contributed by atoms with E-state index in [0.717, 1.165) is 18.2 Å². The van der Waals surface area contributed by atoms with E-state index in [-0.39, 0.29) is 17.7 Å². The van der Waals surface area contributed by atoms with Crippen molar-refractivity contribution in [1.29, 1.82) is 0 Å². The van der Waals surface area contributed by atoms with E-state index in [2.05, 4.69) is 10.6 Å². The van der Waals surface area contributed by atoms with Gasteiger partial charge in [0.2, 0.25) is 5.91 Å². The number of hydrogen-bond donors (Lipinski definition) is 4. The molecule has 1 aromatic rings. The van der Waals surface area contributed by atoms with Gasteiger partial charge in [-0.1, -0.05) is 0 Å². The number of aromatic carboxylic acids is 1. The lowest BCUT2D eigenvalue weighted by atomic mass is 10.0. The largest absolute Gasteiger partial charge is 0.478 e. The first-order valence-electron chi connectivity index (χ1n) is 6.01. The Labute approximate surface area is 120 Å². The minimum Gasteiger partial charge on any atom is -0.478 e. The molecule has 5 N–H and O–H groups in total. The van der Waals surface area contributed by atoms with Gasteiger partial charge in [0.25, 0.3) is 0 Å². The second kappa shape index (κ2) is 6.21. The Bertz CT molecular complexity index is 587. The molecule has 0 unspecified atom stereocenters. The molecule has 7 nitrogen and oxygen atoms in total. The molecule has 0 atom stereocenters. The molecule has 0 aliphatic carbocycles. The molecule has 0 saturated heterocycles. The van der Waals surface area contributed by atoms with Crippen LogP contribution in [0.4, 0.5) is 14.9 Å². The fourth-order valence-electron chi connectivity index (χ4n) is 1.74. The number of halogens is 1. The summed E-state index contributed by atoms with van der Waals surface area (Å²) in [5, 5.41) is 13.7. The Morgan fingerprint density at radius 3 is 2.48 bits per heavy atom. The Hall–Kier alpha value is -2.64. The first-order valence-corrected chi connectivity index (χ1v) is 6.01. The molecule has 114 valence electrons. The number of primary amides is 1. The fraction of sp³-hybridized carbons (Fsp3) is 0.308. The van der Waals surface area contributed by atoms with Gasteiger partial charge in [-0.05, 0) is 32.0 Å². The lowest BCUT2D eigenvalue weighted by Crippen LogP contribution is -2.47. The van der Waals surface area contributed by atoms with Crippen molar-refractivity contribution in [2.75, 3.05) is 5.32 Å². The Kier molecular flexibility index (Phi) is 4.85. The molecule has 0 radical (unpaired) electrons. The molecule has 0 spiro atoms. The predicted molar refractivity (Wildman–Crippen MR) is 73.4 cm³/mol. The summed E-state index contributed by atoms with van der Waals surface area (Å²) in [6, 6.07) is 2.23. The number of hydrogen-bond acceptors (Lipinski definition) is 3. The zero-order chi connectivity index (χ0) is 16.2. The standard InChI is InChI=1S/C13H16FN3O4/c1-13(2,6-10(15)18)17-12(21)16-9-4-3-7(14)5-8(9)11(19)20/h3-5H,6H2,1-2H3,(H2,15,18)(H,19,20)(H2,16,17,21). The minimum absolute atomic E-state index is 0.0590. The average molecular weight is 297 g/mol. The van der Waals surface area contributed by atoms with E-state index < -0.39 is 29.3 Å². The number of carboxylic acids is 1. The summed E-state index contributed by atoms with van der Waals surface area (Å²) in [6.45, 7) is 3.17. The number of rotatable bonds is 5. The van der Waals surface area contributed by atoms with E-state index in [4.69, 9.17) is 10.8 Å². The maximum absolute atomic E-state index is 13.0. The molecule has 0 aliphatic rings. The van der Waals surface area contributed by atoms with Crippen molar-refractivity contribution in [3.05, 3.63) is 29.6 Å². The number of amides is 3. The molecule has 0 saturated carbocycles. The zero-order valence-corrected chi connectivity index (χ0v) is 11.6. The Morgan fingerprint density at radius 1 is 1.33 bits per heavy atom. The van der Waals surface area contributed by atoms with Crippen molar-refractivity contribution in [3.63, 3.8) is 0 Å². The molecule has 8 heteroatoms. The van der Waals surface area contributed by atoms with E-state index in [0.29, 0.717) is 0 Å². The van der Waals surface area contributed by atoms with Crippen LogP contribution >= 0.6 is 0 Å². The molecular formula is C13H16FN3O4. The summed E-state index contributed by atoms with van der Waals surface area (Å²) in [5.41, 5.74) is 3.72. The van der Waals surface area contributed by atoms with Crippen LogP contribution < -0.4 is 16.4 Å². The SMILES string of the molecule is CC(C)(CC(N)=O)NC(=O)Nc1ccc(F)cc1C(=O)O. The van der Waals surface area contributed by atoms with Gasteiger partial charge in [0.15, 0.2) is 0 Å². The van der Waals surface area contributed by atoms with E-state index in [1.54, 1.807) is 13.8 Å². The smallest absolute Gasteiger partial charge is 0.337 e. The molecule has 1 aromatic carbocycles. The normalized spacial score (nSPS) is 10.8. The molecule has 0 heterocycles. The Morgan fingerprint density at radius 2 is 1.95 bits per heavy atom. The maximum atomic E-state index is 13.0. The van der Waals surface area contributed by atoms with Crippen molar-refractivity contribution >= 4 is 23.6 Å². The number of urea groups is 1. The highest BCUT2D eigenvalue weighted by Gasteiger charge is 2.23. The van der Waals surface area contributed by atoms with E-state index in [1.165, 1.54) is 0 Å². The summed E-state index contributed by atoms with van der Waals surface area (Å²) >= 11 is 0. The second-order valence-electron chi connectivity index (χ2n) is 5.10. The lowest BCUT2D eigenvalue weighted by Gasteiger charge is -2.25. The van der Waals surface area contributed by atoms with Crippen LogP contribution in [-0.2, 0) is 4.79 Å². The molecule has 0 bridgehead atoms. The molecule has 21 heavy (non-hydrogen) atoms. The number of benzene rings is 1. The van der Waals surface area contributed by atoms with Crippen LogP contribution in [0.1, 0.15) is 30.6 Å². The van der Waals surface area contributed by atoms with Crippen molar-refractivity contribution < 1.29 is 23.9 Å². The van der Waals surface area contributed by atoms with Gasteiger partial charge in [-0.3, -0.25) is 4.79 Å². The van der Waals surface area contributed by atoms with Gasteiger partial charge in [-0.25, -0.2) is 14.0 Å². The molecule has 0 aromatic heterocycles. The van der Waals surface area contributed by atoms with Gasteiger partial charge in [0.05, 0.1) is 11.3 Å². The van der Waals surface area contributed by atoms with Crippen LogP contribution in [-0.4, -0.2) is 28.6 Å². The molecule has 0 fully saturated rings. The summed E-state index contributed by atoms with van der Waals surface area (Å²) < 4.78 is 13.0. The first kappa shape index (κ1) is 16.4. The highest BCUT2D eigenvalue weighted by molar-refractivity contribution is 6.00. The van der Waals surface area contributed by atoms with Crippen LogP contribution in [0.5, 0.6) is 0 Å². The van der Waals surface area contributed by atoms with Gasteiger partial charge >= 0.3 is 12.0 Å². The summed E-state index contributed by atoms with van der Waals surface area (Å²) in [5.74, 6) is -2.69. The number of carbonyl (C=O) groups excluding carboxylic acids is 2. The van der Waals surface area contributed by atoms with Crippen LogP contribution in [0.15, 0.2) is 18.2 Å². The average Bonchev–Trinajstić information content (AvgIpc) is 2.28. The summed E-state index contributed by atoms with van der Waals surface area (Å²) in [6.07, 6.45) is -0.0877. The second-order valence-corrected chi connectivity index (χ2v) is 5.10. The van der Waals surface area contributed by atoms with Crippen molar-refractivity contribution in [3.8, 4) is 0 Å². The maximum Gasteiger partial charge on any atom is 0.337 e. The third-order valence-electron chi connectivity index (χ3n) is 2.53. The van der Waals surface area contributed by atoms with Crippen molar-refractivity contribution in [2.45, 2.75) is 25.8 Å². The van der Waals surface area contributed by atoms with E-state index in [9.17, 15) is 18.8 Å². The van der Waals surface area contributed by atoms with Crippen LogP contribution in [0.3, 0.4) is 0 Å². The number of carboxylic acid groups (broad SMARTS) is 1. The molecule has 0 aliphatic heterocycles. The first-order chi connectivity index (χ1) is 9.60.